The number of amides is 2. The van der Waals surface area contributed by atoms with Crippen LogP contribution >= 0.6 is 11.6 Å². The molecule has 0 atom stereocenters. The first-order chi connectivity index (χ1) is 12.1. The van der Waals surface area contributed by atoms with Crippen molar-refractivity contribution in [1.29, 1.82) is 0 Å². The Morgan fingerprint density at radius 3 is 2.52 bits per heavy atom. The lowest BCUT2D eigenvalue weighted by molar-refractivity contribution is 0.250. The van der Waals surface area contributed by atoms with Crippen LogP contribution in [0.5, 0.6) is 5.75 Å². The van der Waals surface area contributed by atoms with Crippen molar-refractivity contribution in [3.63, 3.8) is 0 Å². The smallest absolute Gasteiger partial charge is 0.319 e. The Morgan fingerprint density at radius 1 is 1.12 bits per heavy atom. The fraction of sp³-hybridized carbons (Fsp3) is 0.118. The molecule has 0 saturated carbocycles. The lowest BCUT2D eigenvalue weighted by atomic mass is 10.2. The number of methoxy groups -OCH3 is 1. The average molecular weight is 359 g/mol. The molecule has 1 aromatic heterocycles. The molecule has 0 saturated heterocycles. The lowest BCUT2D eigenvalue weighted by Gasteiger charge is -2.05. The molecule has 0 aliphatic rings. The summed E-state index contributed by atoms with van der Waals surface area (Å²) in [5.41, 5.74) is 1.40. The van der Waals surface area contributed by atoms with E-state index in [0.29, 0.717) is 22.5 Å². The average Bonchev–Trinajstić information content (AvgIpc) is 3.11. The molecule has 0 radical (unpaired) electrons. The molecule has 8 heteroatoms. The second-order valence-electron chi connectivity index (χ2n) is 5.04. The van der Waals surface area contributed by atoms with Crippen molar-refractivity contribution >= 4 is 23.3 Å². The van der Waals surface area contributed by atoms with Crippen molar-refractivity contribution in [1.82, 2.24) is 15.5 Å². The molecule has 0 unspecified atom stereocenters. The highest BCUT2D eigenvalue weighted by atomic mass is 35.5. The fourth-order valence-electron chi connectivity index (χ4n) is 2.04. The van der Waals surface area contributed by atoms with Crippen LogP contribution in [0.3, 0.4) is 0 Å². The van der Waals surface area contributed by atoms with Gasteiger partial charge in [0, 0.05) is 16.3 Å². The minimum atomic E-state index is -0.383. The first-order valence-corrected chi connectivity index (χ1v) is 7.79. The molecule has 2 aromatic carbocycles. The molecule has 2 amide bonds. The second kappa shape index (κ2) is 7.67. The number of nitrogens with one attached hydrogen (secondary N) is 2. The summed E-state index contributed by atoms with van der Waals surface area (Å²) in [5.74, 6) is 1.42. The molecule has 0 spiro atoms. The second-order valence-corrected chi connectivity index (χ2v) is 5.48. The Labute approximate surface area is 149 Å². The molecule has 0 aliphatic carbocycles. The van der Waals surface area contributed by atoms with E-state index in [2.05, 4.69) is 20.8 Å². The van der Waals surface area contributed by atoms with Gasteiger partial charge in [0.15, 0.2) is 0 Å². The minimum Gasteiger partial charge on any atom is -0.497 e. The van der Waals surface area contributed by atoms with Gasteiger partial charge in [-0.1, -0.05) is 11.6 Å². The van der Waals surface area contributed by atoms with Crippen LogP contribution in [0.1, 0.15) is 5.89 Å². The molecule has 128 valence electrons. The van der Waals surface area contributed by atoms with Gasteiger partial charge in [-0.15, -0.1) is 10.2 Å². The van der Waals surface area contributed by atoms with Crippen LogP contribution in [0.2, 0.25) is 5.02 Å². The summed E-state index contributed by atoms with van der Waals surface area (Å²) in [6.45, 7) is 0.114. The molecular formula is C17H15ClN4O3. The Morgan fingerprint density at radius 2 is 1.84 bits per heavy atom. The van der Waals surface area contributed by atoms with Crippen LogP contribution < -0.4 is 15.4 Å². The fourth-order valence-corrected chi connectivity index (χ4v) is 2.17. The number of aromatic nitrogens is 2. The highest BCUT2D eigenvalue weighted by molar-refractivity contribution is 6.30. The summed E-state index contributed by atoms with van der Waals surface area (Å²) >= 11 is 5.80. The van der Waals surface area contributed by atoms with Crippen molar-refractivity contribution in [2.45, 2.75) is 6.54 Å². The highest BCUT2D eigenvalue weighted by Gasteiger charge is 2.10. The molecule has 2 N–H and O–H groups in total. The van der Waals surface area contributed by atoms with Crippen molar-refractivity contribution < 1.29 is 13.9 Å². The van der Waals surface area contributed by atoms with E-state index < -0.39 is 0 Å². The summed E-state index contributed by atoms with van der Waals surface area (Å²) in [6.07, 6.45) is 0. The maximum absolute atomic E-state index is 11.9. The Balaban J connectivity index is 1.55. The van der Waals surface area contributed by atoms with Crippen LogP contribution in [-0.4, -0.2) is 23.3 Å². The molecule has 0 bridgehead atoms. The maximum Gasteiger partial charge on any atom is 0.319 e. The SMILES string of the molecule is COc1ccc(-c2nnc(CNC(=O)Nc3ccc(Cl)cc3)o2)cc1. The van der Waals surface area contributed by atoms with Crippen molar-refractivity contribution in [2.24, 2.45) is 0 Å². The zero-order valence-electron chi connectivity index (χ0n) is 13.3. The van der Waals surface area contributed by atoms with Gasteiger partial charge in [0.2, 0.25) is 11.8 Å². The number of carbonyl (C=O) groups excluding carboxylic acids is 1. The Kier molecular flexibility index (Phi) is 5.15. The van der Waals surface area contributed by atoms with Gasteiger partial charge >= 0.3 is 6.03 Å². The molecule has 3 rings (SSSR count). The van der Waals surface area contributed by atoms with Gasteiger partial charge in [-0.3, -0.25) is 0 Å². The van der Waals surface area contributed by atoms with Crippen molar-refractivity contribution in [3.05, 3.63) is 59.4 Å². The summed E-state index contributed by atoms with van der Waals surface area (Å²) in [5, 5.41) is 13.8. The lowest BCUT2D eigenvalue weighted by Crippen LogP contribution is -2.28. The summed E-state index contributed by atoms with van der Waals surface area (Å²) in [4.78, 5) is 11.9. The van der Waals surface area contributed by atoms with Gasteiger partial charge < -0.3 is 19.8 Å². The quantitative estimate of drug-likeness (QED) is 0.725. The van der Waals surface area contributed by atoms with E-state index in [-0.39, 0.29) is 12.6 Å². The topological polar surface area (TPSA) is 89.3 Å². The molecule has 1 heterocycles. The number of urea groups is 1. The molecule has 0 aliphatic heterocycles. The van der Waals surface area contributed by atoms with Crippen LogP contribution in [0.25, 0.3) is 11.5 Å². The van der Waals surface area contributed by atoms with Gasteiger partial charge in [0.1, 0.15) is 5.75 Å². The minimum absolute atomic E-state index is 0.114. The maximum atomic E-state index is 11.9. The standard InChI is InChI=1S/C17H15ClN4O3/c1-24-14-8-2-11(3-9-14)16-22-21-15(25-16)10-19-17(23)20-13-6-4-12(18)5-7-13/h2-9H,10H2,1H3,(H2,19,20,23). The van der Waals surface area contributed by atoms with Gasteiger partial charge in [-0.25, -0.2) is 4.79 Å². The summed E-state index contributed by atoms with van der Waals surface area (Å²) in [6, 6.07) is 13.6. The predicted octanol–water partition coefficient (Wildman–Crippen LogP) is 3.72. The van der Waals surface area contributed by atoms with E-state index in [9.17, 15) is 4.79 Å². The molecule has 25 heavy (non-hydrogen) atoms. The number of benzene rings is 2. The van der Waals surface area contributed by atoms with Crippen LogP contribution in [-0.2, 0) is 6.54 Å². The van der Waals surface area contributed by atoms with E-state index in [0.717, 1.165) is 11.3 Å². The monoisotopic (exact) mass is 358 g/mol. The van der Waals surface area contributed by atoms with Crippen LogP contribution in [0.15, 0.2) is 52.9 Å². The Bertz CT molecular complexity index is 847. The van der Waals surface area contributed by atoms with E-state index in [4.69, 9.17) is 20.8 Å². The first-order valence-electron chi connectivity index (χ1n) is 7.41. The number of halogens is 1. The van der Waals surface area contributed by atoms with Crippen molar-refractivity contribution in [2.75, 3.05) is 12.4 Å². The Hall–Kier alpha value is -3.06. The molecule has 7 nitrogen and oxygen atoms in total. The van der Waals surface area contributed by atoms with Gasteiger partial charge in [-0.05, 0) is 48.5 Å². The summed E-state index contributed by atoms with van der Waals surface area (Å²) < 4.78 is 10.6. The normalized spacial score (nSPS) is 10.3. The highest BCUT2D eigenvalue weighted by Crippen LogP contribution is 2.21. The van der Waals surface area contributed by atoms with E-state index in [1.165, 1.54) is 0 Å². The number of nitrogens with zero attached hydrogens (tertiary/aromatic N) is 2. The van der Waals surface area contributed by atoms with E-state index in [1.807, 2.05) is 12.1 Å². The molecular weight excluding hydrogens is 344 g/mol. The number of hydrogen-bond acceptors (Lipinski definition) is 5. The molecule has 0 fully saturated rings. The van der Waals surface area contributed by atoms with Gasteiger partial charge in [-0.2, -0.15) is 0 Å². The third kappa shape index (κ3) is 4.48. The van der Waals surface area contributed by atoms with Crippen LogP contribution in [0.4, 0.5) is 10.5 Å². The molecule has 3 aromatic rings. The van der Waals surface area contributed by atoms with Crippen molar-refractivity contribution in [3.8, 4) is 17.2 Å². The van der Waals surface area contributed by atoms with E-state index in [1.54, 1.807) is 43.5 Å². The number of carbonyl (C=O) groups is 1. The number of ether oxygens (including phenoxy) is 1. The largest absolute Gasteiger partial charge is 0.497 e. The van der Waals surface area contributed by atoms with Gasteiger partial charge in [0.25, 0.3) is 0 Å². The van der Waals surface area contributed by atoms with E-state index >= 15 is 0 Å². The first kappa shape index (κ1) is 16.8. The van der Waals surface area contributed by atoms with Crippen LogP contribution in [0, 0.1) is 0 Å². The number of anilines is 1. The third-order valence-electron chi connectivity index (χ3n) is 3.31. The number of rotatable bonds is 5. The zero-order chi connectivity index (χ0) is 17.6. The van der Waals surface area contributed by atoms with Gasteiger partial charge in [0.05, 0.1) is 13.7 Å². The summed E-state index contributed by atoms with van der Waals surface area (Å²) in [7, 11) is 1.60. The number of hydrogen-bond donors (Lipinski definition) is 2. The zero-order valence-corrected chi connectivity index (χ0v) is 14.1. The predicted molar refractivity (Wildman–Crippen MR) is 93.6 cm³/mol. The third-order valence-corrected chi connectivity index (χ3v) is 3.56.